The summed E-state index contributed by atoms with van der Waals surface area (Å²) in [7, 11) is 0. The van der Waals surface area contributed by atoms with Crippen LogP contribution in [0.2, 0.25) is 0 Å². The Balaban J connectivity index is 0.903. The predicted octanol–water partition coefficient (Wildman–Crippen LogP) is 19.9. The van der Waals surface area contributed by atoms with Crippen LogP contribution in [-0.4, -0.2) is 4.57 Å². The van der Waals surface area contributed by atoms with Crippen molar-refractivity contribution >= 4 is 38.9 Å². The largest absolute Gasteiger partial charge is 0.310 e. The first-order valence-corrected chi connectivity index (χ1v) is 27.3. The molecule has 0 atom stereocenters. The SMILES string of the molecule is CC1(C)c2ccccc2-c2ccc(N(c3ccc(-c4ccccc4)cc3)c3ccc4c5ccccc5n(-c5ccc(-c6cccc7c6-c6ccccc6C76c7ccccc7-c7ccccc76)cc5-c5ccccc5)c4c3)cc21. The molecular weight excluding hydrogens is 941 g/mol. The monoisotopic (exact) mass is 992 g/mol. The van der Waals surface area contributed by atoms with E-state index in [9.17, 15) is 0 Å². The molecule has 1 heterocycles. The highest BCUT2D eigenvalue weighted by atomic mass is 15.1. The number of anilines is 3. The molecule has 12 aromatic carbocycles. The molecule has 0 unspecified atom stereocenters. The highest BCUT2D eigenvalue weighted by molar-refractivity contribution is 6.11. The van der Waals surface area contributed by atoms with Crippen LogP contribution >= 0.6 is 0 Å². The van der Waals surface area contributed by atoms with E-state index in [1.54, 1.807) is 0 Å². The number of hydrogen-bond acceptors (Lipinski definition) is 1. The second-order valence-corrected chi connectivity index (χ2v) is 21.9. The maximum atomic E-state index is 2.52. The van der Waals surface area contributed by atoms with Crippen LogP contribution in [0.3, 0.4) is 0 Å². The molecule has 366 valence electrons. The fourth-order valence-electron chi connectivity index (χ4n) is 14.2. The zero-order chi connectivity index (χ0) is 51.7. The van der Waals surface area contributed by atoms with E-state index in [0.717, 1.165) is 28.3 Å². The number of benzene rings is 12. The first-order valence-electron chi connectivity index (χ1n) is 27.3. The van der Waals surface area contributed by atoms with Crippen LogP contribution in [0.1, 0.15) is 47.2 Å². The average molecular weight is 993 g/mol. The molecule has 16 rings (SSSR count). The van der Waals surface area contributed by atoms with Gasteiger partial charge in [0.2, 0.25) is 0 Å². The highest BCUT2D eigenvalue weighted by Gasteiger charge is 2.52. The summed E-state index contributed by atoms with van der Waals surface area (Å²) in [6.07, 6.45) is 0. The van der Waals surface area contributed by atoms with Gasteiger partial charge in [0.1, 0.15) is 0 Å². The van der Waals surface area contributed by atoms with Crippen molar-refractivity contribution in [1.82, 2.24) is 4.57 Å². The maximum Gasteiger partial charge on any atom is 0.0725 e. The van der Waals surface area contributed by atoms with Crippen LogP contribution < -0.4 is 4.90 Å². The minimum Gasteiger partial charge on any atom is -0.310 e. The minimum absolute atomic E-state index is 0.154. The second kappa shape index (κ2) is 16.9. The molecule has 3 aliphatic carbocycles. The van der Waals surface area contributed by atoms with Gasteiger partial charge in [-0.25, -0.2) is 0 Å². The predicted molar refractivity (Wildman–Crippen MR) is 326 cm³/mol. The third-order valence-electron chi connectivity index (χ3n) is 17.6. The molecule has 13 aromatic rings. The summed E-state index contributed by atoms with van der Waals surface area (Å²) in [5, 5.41) is 2.43. The Morgan fingerprint density at radius 3 is 1.49 bits per heavy atom. The molecule has 0 amide bonds. The van der Waals surface area contributed by atoms with Gasteiger partial charge in [-0.2, -0.15) is 0 Å². The van der Waals surface area contributed by atoms with Gasteiger partial charge in [0.15, 0.2) is 0 Å². The number of aromatic nitrogens is 1. The van der Waals surface area contributed by atoms with E-state index in [1.165, 1.54) is 116 Å². The molecule has 1 aromatic heterocycles. The molecule has 78 heavy (non-hydrogen) atoms. The van der Waals surface area contributed by atoms with E-state index in [2.05, 4.69) is 302 Å². The van der Waals surface area contributed by atoms with Gasteiger partial charge >= 0.3 is 0 Å². The average Bonchev–Trinajstić information content (AvgIpc) is 3.24. The summed E-state index contributed by atoms with van der Waals surface area (Å²) in [5.74, 6) is 0. The van der Waals surface area contributed by atoms with Crippen LogP contribution in [0.25, 0.3) is 94.3 Å². The molecule has 2 nitrogen and oxygen atoms in total. The first-order chi connectivity index (χ1) is 38.5. The lowest BCUT2D eigenvalue weighted by molar-refractivity contribution is 0.660. The van der Waals surface area contributed by atoms with Gasteiger partial charge in [-0.1, -0.05) is 238 Å². The van der Waals surface area contributed by atoms with Gasteiger partial charge in [-0.3, -0.25) is 0 Å². The molecule has 3 aliphatic rings. The van der Waals surface area contributed by atoms with Crippen molar-refractivity contribution in [2.45, 2.75) is 24.7 Å². The fourth-order valence-corrected chi connectivity index (χ4v) is 14.2. The van der Waals surface area contributed by atoms with Crippen molar-refractivity contribution in [2.75, 3.05) is 4.90 Å². The molecule has 0 saturated carbocycles. The van der Waals surface area contributed by atoms with E-state index in [1.807, 2.05) is 0 Å². The summed E-state index contributed by atoms with van der Waals surface area (Å²) in [5.41, 5.74) is 29.3. The Hall–Kier alpha value is -9.76. The Bertz CT molecular complexity index is 4530. The Morgan fingerprint density at radius 2 is 0.769 bits per heavy atom. The Labute approximate surface area is 455 Å². The van der Waals surface area contributed by atoms with Crippen LogP contribution in [0, 0.1) is 0 Å². The number of hydrogen-bond donors (Lipinski definition) is 0. The van der Waals surface area contributed by atoms with Crippen molar-refractivity contribution < 1.29 is 0 Å². The Morgan fingerprint density at radius 1 is 0.282 bits per heavy atom. The third-order valence-corrected chi connectivity index (χ3v) is 17.6. The lowest BCUT2D eigenvalue weighted by Gasteiger charge is -2.30. The zero-order valence-corrected chi connectivity index (χ0v) is 43.5. The van der Waals surface area contributed by atoms with Crippen molar-refractivity contribution in [3.8, 4) is 72.4 Å². The topological polar surface area (TPSA) is 8.17 Å². The minimum atomic E-state index is -0.420. The molecule has 0 saturated heterocycles. The standard InChI is InChI=1S/C76H52N2/c1-75(2)65-30-14-9-24-57(65)60-43-41-54(47-70(60)75)77(53-39-36-50(37-40-53)49-20-5-3-6-21-49)55-42-44-62-61-27-13-18-35-71(61)78(73(62)48-55)72-45-38-52(46-64(72)51-22-7-4-8-23-51)56-29-19-34-69-74(56)63-28-12-17-33-68(63)76(69)66-31-15-10-25-58(66)59-26-11-16-32-67(59)76/h3-48H,1-2H3. The van der Waals surface area contributed by atoms with Crippen LogP contribution in [0.5, 0.6) is 0 Å². The van der Waals surface area contributed by atoms with E-state index in [4.69, 9.17) is 0 Å². The first kappa shape index (κ1) is 44.5. The molecule has 0 bridgehead atoms. The molecule has 0 aliphatic heterocycles. The van der Waals surface area contributed by atoms with E-state index < -0.39 is 5.41 Å². The quantitative estimate of drug-likeness (QED) is 0.154. The van der Waals surface area contributed by atoms with Gasteiger partial charge < -0.3 is 9.47 Å². The number of para-hydroxylation sites is 1. The van der Waals surface area contributed by atoms with Gasteiger partial charge in [0, 0.05) is 38.8 Å². The molecule has 0 N–H and O–H groups in total. The maximum absolute atomic E-state index is 2.52. The van der Waals surface area contributed by atoms with Gasteiger partial charge in [0.05, 0.1) is 22.1 Å². The second-order valence-electron chi connectivity index (χ2n) is 21.9. The summed E-state index contributed by atoms with van der Waals surface area (Å²) in [4.78, 5) is 2.46. The van der Waals surface area contributed by atoms with Crippen molar-refractivity contribution in [3.05, 3.63) is 312 Å². The smallest absolute Gasteiger partial charge is 0.0725 e. The lowest BCUT2D eigenvalue weighted by atomic mass is 9.70. The highest BCUT2D eigenvalue weighted by Crippen LogP contribution is 2.64. The number of nitrogens with zero attached hydrogens (tertiary/aromatic N) is 2. The van der Waals surface area contributed by atoms with Gasteiger partial charge in [0.25, 0.3) is 0 Å². The van der Waals surface area contributed by atoms with E-state index in [0.29, 0.717) is 0 Å². The van der Waals surface area contributed by atoms with E-state index >= 15 is 0 Å². The fraction of sp³-hybridized carbons (Fsp3) is 0.0526. The zero-order valence-electron chi connectivity index (χ0n) is 43.5. The summed E-state index contributed by atoms with van der Waals surface area (Å²) < 4.78 is 2.52. The van der Waals surface area contributed by atoms with Crippen LogP contribution in [0.15, 0.2) is 279 Å². The third kappa shape index (κ3) is 6.26. The summed E-state index contributed by atoms with van der Waals surface area (Å²) >= 11 is 0. The molecule has 1 spiro atoms. The molecular formula is C76H52N2. The van der Waals surface area contributed by atoms with Gasteiger partial charge in [-0.15, -0.1) is 0 Å². The van der Waals surface area contributed by atoms with Crippen LogP contribution in [0.4, 0.5) is 17.1 Å². The van der Waals surface area contributed by atoms with Crippen molar-refractivity contribution in [1.29, 1.82) is 0 Å². The Kier molecular flexibility index (Phi) is 9.63. The lowest BCUT2D eigenvalue weighted by Crippen LogP contribution is -2.25. The number of rotatable bonds is 7. The van der Waals surface area contributed by atoms with Crippen molar-refractivity contribution in [3.63, 3.8) is 0 Å². The van der Waals surface area contributed by atoms with E-state index in [-0.39, 0.29) is 5.41 Å². The number of fused-ring (bicyclic) bond motifs is 16. The van der Waals surface area contributed by atoms with Gasteiger partial charge in [-0.05, 0) is 149 Å². The summed E-state index contributed by atoms with van der Waals surface area (Å²) in [6, 6.07) is 104. The van der Waals surface area contributed by atoms with Crippen LogP contribution in [-0.2, 0) is 10.8 Å². The normalized spacial score (nSPS) is 13.7. The molecule has 2 heteroatoms. The molecule has 0 fully saturated rings. The summed E-state index contributed by atoms with van der Waals surface area (Å²) in [6.45, 7) is 4.74. The molecule has 0 radical (unpaired) electrons. The van der Waals surface area contributed by atoms with Crippen molar-refractivity contribution in [2.24, 2.45) is 0 Å².